The summed E-state index contributed by atoms with van der Waals surface area (Å²) in [5.74, 6) is -0.672. The maximum atomic E-state index is 13.5. The number of carbonyl (C=O) groups is 1. The van der Waals surface area contributed by atoms with Gasteiger partial charge >= 0.3 is 0 Å². The molecule has 0 aliphatic carbocycles. The van der Waals surface area contributed by atoms with Gasteiger partial charge in [-0.3, -0.25) is 4.79 Å². The average molecular weight is 289 g/mol. The van der Waals surface area contributed by atoms with Gasteiger partial charge < -0.3 is 15.2 Å². The largest absolute Gasteiger partial charge is 0.508 e. The lowest BCUT2D eigenvalue weighted by molar-refractivity contribution is 0.0950. The number of aromatic hydroxyl groups is 1. The fraction of sp³-hybridized carbons (Fsp3) is 0.188. The van der Waals surface area contributed by atoms with E-state index in [2.05, 4.69) is 5.32 Å². The van der Waals surface area contributed by atoms with Gasteiger partial charge in [0.2, 0.25) is 0 Å². The third kappa shape index (κ3) is 3.95. The van der Waals surface area contributed by atoms with E-state index < -0.39 is 11.7 Å². The zero-order chi connectivity index (χ0) is 15.2. The fourth-order valence-electron chi connectivity index (χ4n) is 1.90. The Morgan fingerprint density at radius 3 is 2.57 bits per heavy atom. The molecule has 2 N–H and O–H groups in total. The van der Waals surface area contributed by atoms with Gasteiger partial charge in [0.1, 0.15) is 17.3 Å². The lowest BCUT2D eigenvalue weighted by atomic mass is 10.1. The van der Waals surface area contributed by atoms with E-state index >= 15 is 0 Å². The first-order valence-electron chi connectivity index (χ1n) is 6.50. The molecule has 0 aliphatic rings. The number of carbonyl (C=O) groups excluding carboxylic acids is 1. The highest BCUT2D eigenvalue weighted by atomic mass is 19.1. The third-order valence-corrected chi connectivity index (χ3v) is 3.06. The zero-order valence-corrected chi connectivity index (χ0v) is 11.6. The molecule has 0 fully saturated rings. The smallest absolute Gasteiger partial charge is 0.254 e. The normalized spacial score (nSPS) is 10.2. The quantitative estimate of drug-likeness (QED) is 0.889. The number of hydrogen-bond acceptors (Lipinski definition) is 3. The Balaban J connectivity index is 1.88. The van der Waals surface area contributed by atoms with E-state index in [1.807, 2.05) is 24.3 Å². The molecule has 110 valence electrons. The first kappa shape index (κ1) is 14.8. The highest BCUT2D eigenvalue weighted by Gasteiger charge is 2.11. The maximum Gasteiger partial charge on any atom is 0.254 e. The Kier molecular flexibility index (Phi) is 4.77. The Morgan fingerprint density at radius 1 is 1.24 bits per heavy atom. The predicted octanol–water partition coefficient (Wildman–Crippen LogP) is 2.51. The molecule has 0 atom stereocenters. The second-order valence-electron chi connectivity index (χ2n) is 4.52. The van der Waals surface area contributed by atoms with E-state index in [9.17, 15) is 9.18 Å². The molecule has 5 heteroatoms. The van der Waals surface area contributed by atoms with Crippen LogP contribution in [0.2, 0.25) is 0 Å². The molecule has 0 aliphatic heterocycles. The summed E-state index contributed by atoms with van der Waals surface area (Å²) in [6.07, 6.45) is 0.634. The topological polar surface area (TPSA) is 58.6 Å². The molecule has 0 unspecified atom stereocenters. The number of halogens is 1. The number of nitrogens with one attached hydrogen (secondary N) is 1. The first-order chi connectivity index (χ1) is 10.1. The fourth-order valence-corrected chi connectivity index (χ4v) is 1.90. The number of benzene rings is 2. The van der Waals surface area contributed by atoms with Crippen LogP contribution in [0.25, 0.3) is 0 Å². The van der Waals surface area contributed by atoms with Crippen LogP contribution in [0, 0.1) is 5.82 Å². The van der Waals surface area contributed by atoms with Crippen molar-refractivity contribution in [2.24, 2.45) is 0 Å². The summed E-state index contributed by atoms with van der Waals surface area (Å²) < 4.78 is 18.6. The molecule has 0 radical (unpaired) electrons. The van der Waals surface area contributed by atoms with E-state index in [0.717, 1.165) is 17.4 Å². The molecule has 2 rings (SSSR count). The van der Waals surface area contributed by atoms with Crippen LogP contribution in [0.15, 0.2) is 42.5 Å². The van der Waals surface area contributed by atoms with Crippen molar-refractivity contribution in [3.8, 4) is 11.5 Å². The molecule has 0 saturated carbocycles. The minimum atomic E-state index is -0.739. The number of amides is 1. The SMILES string of the molecule is COc1ccc(CCNC(=O)c2ccc(O)cc2F)cc1. The molecule has 4 nitrogen and oxygen atoms in total. The highest BCUT2D eigenvalue weighted by molar-refractivity contribution is 5.94. The number of rotatable bonds is 5. The zero-order valence-electron chi connectivity index (χ0n) is 11.6. The summed E-state index contributed by atoms with van der Waals surface area (Å²) in [5, 5.41) is 11.7. The Morgan fingerprint density at radius 2 is 1.95 bits per heavy atom. The summed E-state index contributed by atoms with van der Waals surface area (Å²) in [6, 6.07) is 11.0. The van der Waals surface area contributed by atoms with Crippen molar-refractivity contribution in [1.82, 2.24) is 5.32 Å². The Hall–Kier alpha value is -2.56. The van der Waals surface area contributed by atoms with Gasteiger partial charge in [0.05, 0.1) is 12.7 Å². The molecule has 0 saturated heterocycles. The standard InChI is InChI=1S/C16H16FNO3/c1-21-13-5-2-11(3-6-13)8-9-18-16(20)14-7-4-12(19)10-15(14)17/h2-7,10,19H,8-9H2,1H3,(H,18,20). The van der Waals surface area contributed by atoms with E-state index in [-0.39, 0.29) is 11.3 Å². The van der Waals surface area contributed by atoms with Crippen molar-refractivity contribution in [3.05, 3.63) is 59.4 Å². The summed E-state index contributed by atoms with van der Waals surface area (Å²) in [5.41, 5.74) is 0.963. The van der Waals surface area contributed by atoms with Crippen LogP contribution < -0.4 is 10.1 Å². The molecule has 2 aromatic rings. The third-order valence-electron chi connectivity index (χ3n) is 3.06. The summed E-state index contributed by atoms with van der Waals surface area (Å²) in [4.78, 5) is 11.8. The number of phenolic OH excluding ortho intramolecular Hbond substituents is 1. The van der Waals surface area contributed by atoms with Gasteiger partial charge in [-0.15, -0.1) is 0 Å². The Bertz CT molecular complexity index is 626. The second-order valence-corrected chi connectivity index (χ2v) is 4.52. The minimum Gasteiger partial charge on any atom is -0.508 e. The number of phenols is 1. The lowest BCUT2D eigenvalue weighted by Crippen LogP contribution is -2.26. The molecule has 1 amide bonds. The van der Waals surface area contributed by atoms with E-state index in [0.29, 0.717) is 13.0 Å². The second kappa shape index (κ2) is 6.74. The van der Waals surface area contributed by atoms with Gasteiger partial charge in [0.15, 0.2) is 0 Å². The van der Waals surface area contributed by atoms with Crippen molar-refractivity contribution in [2.75, 3.05) is 13.7 Å². The molecule has 0 spiro atoms. The molecule has 2 aromatic carbocycles. The predicted molar refractivity (Wildman–Crippen MR) is 77.1 cm³/mol. The van der Waals surface area contributed by atoms with Crippen molar-refractivity contribution in [1.29, 1.82) is 0 Å². The molecule has 0 aromatic heterocycles. The van der Waals surface area contributed by atoms with Crippen LogP contribution >= 0.6 is 0 Å². The molecule has 21 heavy (non-hydrogen) atoms. The summed E-state index contributed by atoms with van der Waals surface area (Å²) >= 11 is 0. The molecule has 0 heterocycles. The maximum absolute atomic E-state index is 13.5. The number of methoxy groups -OCH3 is 1. The van der Waals surface area contributed by atoms with Crippen LogP contribution in [-0.4, -0.2) is 24.7 Å². The van der Waals surface area contributed by atoms with Crippen molar-refractivity contribution in [3.63, 3.8) is 0 Å². The van der Waals surface area contributed by atoms with Gasteiger partial charge in [-0.1, -0.05) is 12.1 Å². The molecular formula is C16H16FNO3. The summed E-state index contributed by atoms with van der Waals surface area (Å²) in [7, 11) is 1.60. The van der Waals surface area contributed by atoms with E-state index in [1.165, 1.54) is 12.1 Å². The van der Waals surface area contributed by atoms with Gasteiger partial charge in [0, 0.05) is 12.6 Å². The minimum absolute atomic E-state index is 0.0810. The van der Waals surface area contributed by atoms with Crippen LogP contribution in [0.5, 0.6) is 11.5 Å². The monoisotopic (exact) mass is 289 g/mol. The van der Waals surface area contributed by atoms with Crippen molar-refractivity contribution < 1.29 is 19.0 Å². The van der Waals surface area contributed by atoms with Crippen LogP contribution in [0.1, 0.15) is 15.9 Å². The van der Waals surface area contributed by atoms with Crippen molar-refractivity contribution >= 4 is 5.91 Å². The summed E-state index contributed by atoms with van der Waals surface area (Å²) in [6.45, 7) is 0.394. The van der Waals surface area contributed by atoms with Crippen molar-refractivity contribution in [2.45, 2.75) is 6.42 Å². The van der Waals surface area contributed by atoms with Gasteiger partial charge in [-0.25, -0.2) is 4.39 Å². The van der Waals surface area contributed by atoms with Crippen LogP contribution in [-0.2, 0) is 6.42 Å². The molecular weight excluding hydrogens is 273 g/mol. The average Bonchev–Trinajstić information content (AvgIpc) is 2.47. The van der Waals surface area contributed by atoms with Gasteiger partial charge in [-0.05, 0) is 36.2 Å². The van der Waals surface area contributed by atoms with Gasteiger partial charge in [0.25, 0.3) is 5.91 Å². The number of ether oxygens (including phenoxy) is 1. The lowest BCUT2D eigenvalue weighted by Gasteiger charge is -2.07. The molecule has 0 bridgehead atoms. The number of hydrogen-bond donors (Lipinski definition) is 2. The Labute approximate surface area is 122 Å². The first-order valence-corrected chi connectivity index (χ1v) is 6.50. The van der Waals surface area contributed by atoms with Crippen LogP contribution in [0.4, 0.5) is 4.39 Å². The van der Waals surface area contributed by atoms with E-state index in [4.69, 9.17) is 9.84 Å². The van der Waals surface area contributed by atoms with E-state index in [1.54, 1.807) is 7.11 Å². The highest BCUT2D eigenvalue weighted by Crippen LogP contribution is 2.15. The van der Waals surface area contributed by atoms with Gasteiger partial charge in [-0.2, -0.15) is 0 Å². The van der Waals surface area contributed by atoms with Crippen LogP contribution in [0.3, 0.4) is 0 Å².